The number of carbonyl (C=O) groups excluding carboxylic acids is 1. The van der Waals surface area contributed by atoms with Crippen molar-refractivity contribution in [3.05, 3.63) is 57.3 Å². The van der Waals surface area contributed by atoms with Gasteiger partial charge in [0, 0.05) is 23.0 Å². The standard InChI is InChI=1S/C21H13BrF11N3O/c22-13-9-10(18(24,20(28,29)30)21(31,32)33)8-12(19(25,26)27)16(13)36-17(37)11-4-3-5-14(15(11)23)35-7-2-1-6-34/h3-5,8-9,35H,1-2,7H2,(H,36,37). The van der Waals surface area contributed by atoms with Crippen molar-refractivity contribution in [2.75, 3.05) is 17.2 Å². The number of halogens is 12. The van der Waals surface area contributed by atoms with E-state index in [0.717, 1.165) is 12.1 Å². The van der Waals surface area contributed by atoms with Crippen molar-refractivity contribution in [3.8, 4) is 6.07 Å². The maximum Gasteiger partial charge on any atom is 0.435 e. The monoisotopic (exact) mass is 611 g/mol. The van der Waals surface area contributed by atoms with E-state index in [0.29, 0.717) is 0 Å². The van der Waals surface area contributed by atoms with E-state index >= 15 is 0 Å². The molecule has 1 amide bonds. The molecule has 202 valence electrons. The fourth-order valence-electron chi connectivity index (χ4n) is 3.06. The first kappa shape index (κ1) is 30.1. The second-order valence-electron chi connectivity index (χ2n) is 7.34. The van der Waals surface area contributed by atoms with Crippen molar-refractivity contribution in [2.45, 2.75) is 37.0 Å². The minimum absolute atomic E-state index is 0.0875. The number of nitrogens with zero attached hydrogens (tertiary/aromatic N) is 1. The molecule has 2 N–H and O–H groups in total. The van der Waals surface area contributed by atoms with Gasteiger partial charge < -0.3 is 10.6 Å². The van der Waals surface area contributed by atoms with E-state index in [1.54, 1.807) is 5.32 Å². The first-order chi connectivity index (χ1) is 16.9. The van der Waals surface area contributed by atoms with Gasteiger partial charge in [-0.25, -0.2) is 8.78 Å². The summed E-state index contributed by atoms with van der Waals surface area (Å²) >= 11 is 2.35. The number of anilines is 2. The summed E-state index contributed by atoms with van der Waals surface area (Å²) in [4.78, 5) is 12.6. The van der Waals surface area contributed by atoms with Crippen LogP contribution in [0.2, 0.25) is 0 Å². The average molecular weight is 612 g/mol. The van der Waals surface area contributed by atoms with E-state index in [1.165, 1.54) is 6.07 Å². The summed E-state index contributed by atoms with van der Waals surface area (Å²) < 4.78 is 147. The third kappa shape index (κ3) is 6.25. The quantitative estimate of drug-likeness (QED) is 0.247. The second kappa shape index (κ2) is 10.7. The molecule has 4 nitrogen and oxygen atoms in total. The summed E-state index contributed by atoms with van der Waals surface area (Å²) in [5, 5.41) is 12.7. The molecule has 2 aromatic rings. The maximum absolute atomic E-state index is 14.7. The van der Waals surface area contributed by atoms with Gasteiger partial charge >= 0.3 is 24.2 Å². The predicted octanol–water partition coefficient (Wildman–Crippen LogP) is 7.86. The van der Waals surface area contributed by atoms with Crippen LogP contribution in [0, 0.1) is 17.1 Å². The van der Waals surface area contributed by atoms with Gasteiger partial charge in [-0.2, -0.15) is 44.8 Å². The summed E-state index contributed by atoms with van der Waals surface area (Å²) in [5.41, 5.74) is -13.4. The lowest BCUT2D eigenvalue weighted by atomic mass is 9.92. The Balaban J connectivity index is 2.57. The van der Waals surface area contributed by atoms with Gasteiger partial charge in [-0.05, 0) is 46.6 Å². The minimum atomic E-state index is -6.69. The number of benzene rings is 2. The van der Waals surface area contributed by atoms with Gasteiger partial charge in [0.1, 0.15) is 0 Å². The molecule has 0 unspecified atom stereocenters. The number of nitriles is 1. The first-order valence-electron chi connectivity index (χ1n) is 9.80. The normalized spacial score (nSPS) is 12.7. The van der Waals surface area contributed by atoms with Gasteiger partial charge in [0.05, 0.1) is 28.6 Å². The van der Waals surface area contributed by atoms with Crippen LogP contribution in [0.3, 0.4) is 0 Å². The van der Waals surface area contributed by atoms with Crippen molar-refractivity contribution >= 4 is 33.2 Å². The Bertz CT molecular complexity index is 1190. The Morgan fingerprint density at radius 2 is 1.57 bits per heavy atom. The Hall–Kier alpha value is -3.09. The molecule has 0 saturated carbocycles. The third-order valence-corrected chi connectivity index (χ3v) is 5.46. The van der Waals surface area contributed by atoms with Crippen LogP contribution in [0.25, 0.3) is 0 Å². The zero-order chi connectivity index (χ0) is 28.4. The van der Waals surface area contributed by atoms with Gasteiger partial charge in [-0.1, -0.05) is 6.07 Å². The fraction of sp³-hybridized carbons (Fsp3) is 0.333. The van der Waals surface area contributed by atoms with Gasteiger partial charge in [0.15, 0.2) is 5.82 Å². The number of amides is 1. The summed E-state index contributed by atoms with van der Waals surface area (Å²) in [6.45, 7) is 0.0875. The third-order valence-electron chi connectivity index (χ3n) is 4.84. The van der Waals surface area contributed by atoms with Crippen molar-refractivity contribution in [2.24, 2.45) is 0 Å². The summed E-state index contributed by atoms with van der Waals surface area (Å²) in [7, 11) is 0. The average Bonchev–Trinajstić information content (AvgIpc) is 2.75. The van der Waals surface area contributed by atoms with E-state index in [2.05, 4.69) is 21.2 Å². The van der Waals surface area contributed by atoms with E-state index in [9.17, 15) is 53.1 Å². The van der Waals surface area contributed by atoms with Gasteiger partial charge in [-0.15, -0.1) is 0 Å². The molecule has 0 radical (unpaired) electrons. The second-order valence-corrected chi connectivity index (χ2v) is 8.20. The van der Waals surface area contributed by atoms with Crippen molar-refractivity contribution in [1.29, 1.82) is 5.26 Å². The molecule has 2 rings (SSSR count). The highest BCUT2D eigenvalue weighted by molar-refractivity contribution is 9.10. The number of unbranched alkanes of at least 4 members (excludes halogenated alkanes) is 1. The molecular weight excluding hydrogens is 599 g/mol. The van der Waals surface area contributed by atoms with Crippen LogP contribution in [0.4, 0.5) is 59.7 Å². The highest BCUT2D eigenvalue weighted by Gasteiger charge is 2.73. The lowest BCUT2D eigenvalue weighted by molar-refractivity contribution is -0.348. The Morgan fingerprint density at radius 1 is 0.973 bits per heavy atom. The number of hydrogen-bond acceptors (Lipinski definition) is 3. The molecule has 0 aliphatic carbocycles. The first-order valence-corrected chi connectivity index (χ1v) is 10.6. The minimum Gasteiger partial charge on any atom is -0.383 e. The van der Waals surface area contributed by atoms with E-state index in [1.807, 2.05) is 6.07 Å². The van der Waals surface area contributed by atoms with Crippen LogP contribution in [0.5, 0.6) is 0 Å². The Kier molecular flexibility index (Phi) is 8.73. The molecule has 0 atom stereocenters. The van der Waals surface area contributed by atoms with Gasteiger partial charge in [-0.3, -0.25) is 4.79 Å². The Morgan fingerprint density at radius 3 is 2.08 bits per heavy atom. The van der Waals surface area contributed by atoms with Crippen LogP contribution in [-0.2, 0) is 11.8 Å². The fourth-order valence-corrected chi connectivity index (χ4v) is 3.62. The molecular formula is C21H13BrF11N3O. The number of alkyl halides is 10. The molecule has 0 fully saturated rings. The molecule has 0 aliphatic rings. The molecule has 0 bridgehead atoms. The number of rotatable bonds is 7. The molecule has 0 spiro atoms. The van der Waals surface area contributed by atoms with Gasteiger partial charge in [0.25, 0.3) is 5.91 Å². The smallest absolute Gasteiger partial charge is 0.383 e. The zero-order valence-electron chi connectivity index (χ0n) is 17.9. The molecule has 0 saturated heterocycles. The number of carbonyl (C=O) groups is 1. The number of hydrogen-bond donors (Lipinski definition) is 2. The van der Waals surface area contributed by atoms with Crippen molar-refractivity contribution in [1.82, 2.24) is 0 Å². The molecule has 0 aromatic heterocycles. The molecule has 0 aliphatic heterocycles. The van der Waals surface area contributed by atoms with Crippen LogP contribution in [0.1, 0.15) is 34.3 Å². The number of nitrogens with one attached hydrogen (secondary N) is 2. The highest BCUT2D eigenvalue weighted by atomic mass is 79.9. The molecule has 16 heteroatoms. The van der Waals surface area contributed by atoms with Crippen molar-refractivity contribution < 1.29 is 53.1 Å². The summed E-state index contributed by atoms with van der Waals surface area (Å²) in [5.74, 6) is -2.79. The zero-order valence-corrected chi connectivity index (χ0v) is 19.5. The van der Waals surface area contributed by atoms with E-state index in [4.69, 9.17) is 5.26 Å². The van der Waals surface area contributed by atoms with Crippen LogP contribution in [-0.4, -0.2) is 24.8 Å². The lowest BCUT2D eigenvalue weighted by Gasteiger charge is -2.31. The Labute approximate surface area is 209 Å². The molecule has 0 heterocycles. The highest BCUT2D eigenvalue weighted by Crippen LogP contribution is 2.55. The van der Waals surface area contributed by atoms with E-state index < -0.39 is 68.8 Å². The predicted molar refractivity (Wildman–Crippen MR) is 112 cm³/mol. The summed E-state index contributed by atoms with van der Waals surface area (Å²) in [6.07, 6.45) is -18.7. The van der Waals surface area contributed by atoms with Crippen LogP contribution < -0.4 is 10.6 Å². The van der Waals surface area contributed by atoms with Gasteiger partial charge in [0.2, 0.25) is 0 Å². The largest absolute Gasteiger partial charge is 0.435 e. The maximum atomic E-state index is 14.7. The summed E-state index contributed by atoms with van der Waals surface area (Å²) in [6, 6.07) is 4.04. The van der Waals surface area contributed by atoms with Crippen LogP contribution >= 0.6 is 15.9 Å². The van der Waals surface area contributed by atoms with Crippen molar-refractivity contribution in [3.63, 3.8) is 0 Å². The lowest BCUT2D eigenvalue weighted by Crippen LogP contribution is -2.50. The molecule has 37 heavy (non-hydrogen) atoms. The SMILES string of the molecule is N#CCCCNc1cccc(C(=O)Nc2c(Br)cc(C(F)(C(F)(F)F)C(F)(F)F)cc2C(F)(F)F)c1F. The van der Waals surface area contributed by atoms with Crippen LogP contribution in [0.15, 0.2) is 34.8 Å². The van der Waals surface area contributed by atoms with E-state index in [-0.39, 0.29) is 31.1 Å². The molecule has 2 aromatic carbocycles. The topological polar surface area (TPSA) is 64.9 Å².